The average Bonchev–Trinajstić information content (AvgIpc) is 3.45. The van der Waals surface area contributed by atoms with Gasteiger partial charge in [-0.2, -0.15) is 0 Å². The SMILES string of the molecule is CC1(C)c2ccccc2-c2c(-c3ccccc3N(c3ccc(-c4cccc(-c5ccccc5)c4)cc3)c3cccc(-c4ccccc4)c3)cccc21. The van der Waals surface area contributed by atoms with Crippen LogP contribution in [0.15, 0.2) is 200 Å². The molecule has 0 unspecified atom stereocenters. The van der Waals surface area contributed by atoms with E-state index in [4.69, 9.17) is 0 Å². The van der Waals surface area contributed by atoms with Crippen molar-refractivity contribution in [2.45, 2.75) is 19.3 Å². The number of para-hydroxylation sites is 1. The Morgan fingerprint density at radius 3 is 1.50 bits per heavy atom. The highest BCUT2D eigenvalue weighted by Crippen LogP contribution is 2.53. The average molecular weight is 666 g/mol. The largest absolute Gasteiger partial charge is 0.310 e. The molecule has 1 heteroatoms. The van der Waals surface area contributed by atoms with Gasteiger partial charge < -0.3 is 4.90 Å². The van der Waals surface area contributed by atoms with Gasteiger partial charge in [0.15, 0.2) is 0 Å². The summed E-state index contributed by atoms with van der Waals surface area (Å²) in [5.41, 5.74) is 18.4. The molecule has 1 aliphatic rings. The molecule has 8 aromatic rings. The first kappa shape index (κ1) is 31.5. The summed E-state index contributed by atoms with van der Waals surface area (Å²) in [5, 5.41) is 0. The van der Waals surface area contributed by atoms with Crippen LogP contribution in [0.5, 0.6) is 0 Å². The Balaban J connectivity index is 1.20. The Labute approximate surface area is 307 Å². The zero-order valence-electron chi connectivity index (χ0n) is 29.5. The van der Waals surface area contributed by atoms with Crippen LogP contribution in [-0.4, -0.2) is 0 Å². The predicted molar refractivity (Wildman–Crippen MR) is 220 cm³/mol. The van der Waals surface area contributed by atoms with Crippen LogP contribution >= 0.6 is 0 Å². The molecule has 0 heterocycles. The van der Waals surface area contributed by atoms with Crippen molar-refractivity contribution >= 4 is 17.1 Å². The van der Waals surface area contributed by atoms with Crippen molar-refractivity contribution in [1.29, 1.82) is 0 Å². The molecule has 0 saturated heterocycles. The molecular weight excluding hydrogens is 627 g/mol. The zero-order valence-corrected chi connectivity index (χ0v) is 29.5. The van der Waals surface area contributed by atoms with E-state index in [2.05, 4.69) is 219 Å². The van der Waals surface area contributed by atoms with Gasteiger partial charge in [-0.15, -0.1) is 0 Å². The molecule has 0 fully saturated rings. The third-order valence-corrected chi connectivity index (χ3v) is 10.7. The molecular formula is C51H39N. The first-order valence-corrected chi connectivity index (χ1v) is 18.1. The number of hydrogen-bond donors (Lipinski definition) is 0. The molecule has 1 aliphatic carbocycles. The summed E-state index contributed by atoms with van der Waals surface area (Å²) in [5.74, 6) is 0. The van der Waals surface area contributed by atoms with E-state index in [1.165, 1.54) is 66.8 Å². The Morgan fingerprint density at radius 2 is 0.808 bits per heavy atom. The van der Waals surface area contributed by atoms with Crippen molar-refractivity contribution in [2.75, 3.05) is 4.90 Å². The Bertz CT molecular complexity index is 2530. The number of fused-ring (bicyclic) bond motifs is 3. The fourth-order valence-corrected chi connectivity index (χ4v) is 8.07. The van der Waals surface area contributed by atoms with E-state index in [0.717, 1.165) is 17.1 Å². The fourth-order valence-electron chi connectivity index (χ4n) is 8.07. The second kappa shape index (κ2) is 13.0. The summed E-state index contributed by atoms with van der Waals surface area (Å²) in [4.78, 5) is 2.43. The van der Waals surface area contributed by atoms with E-state index >= 15 is 0 Å². The molecule has 0 spiro atoms. The van der Waals surface area contributed by atoms with E-state index in [9.17, 15) is 0 Å². The number of anilines is 3. The molecule has 0 radical (unpaired) electrons. The van der Waals surface area contributed by atoms with Gasteiger partial charge >= 0.3 is 0 Å². The smallest absolute Gasteiger partial charge is 0.0540 e. The normalized spacial score (nSPS) is 12.6. The Hall–Kier alpha value is -6.44. The van der Waals surface area contributed by atoms with E-state index < -0.39 is 0 Å². The van der Waals surface area contributed by atoms with Crippen molar-refractivity contribution in [3.63, 3.8) is 0 Å². The minimum Gasteiger partial charge on any atom is -0.310 e. The Morgan fingerprint density at radius 1 is 0.327 bits per heavy atom. The highest BCUT2D eigenvalue weighted by atomic mass is 15.1. The molecule has 248 valence electrons. The first-order valence-electron chi connectivity index (χ1n) is 18.1. The summed E-state index contributed by atoms with van der Waals surface area (Å²) < 4.78 is 0. The van der Waals surface area contributed by atoms with Crippen molar-refractivity contribution in [3.05, 3.63) is 211 Å². The topological polar surface area (TPSA) is 3.24 Å². The van der Waals surface area contributed by atoms with Gasteiger partial charge in [-0.3, -0.25) is 0 Å². The lowest BCUT2D eigenvalue weighted by atomic mass is 9.82. The van der Waals surface area contributed by atoms with Gasteiger partial charge in [-0.25, -0.2) is 0 Å². The minimum atomic E-state index is -0.0752. The molecule has 52 heavy (non-hydrogen) atoms. The van der Waals surface area contributed by atoms with E-state index in [1.54, 1.807) is 0 Å². The monoisotopic (exact) mass is 665 g/mol. The van der Waals surface area contributed by atoms with Crippen LogP contribution in [0.4, 0.5) is 17.1 Å². The summed E-state index contributed by atoms with van der Waals surface area (Å²) in [6.07, 6.45) is 0. The van der Waals surface area contributed by atoms with Crippen molar-refractivity contribution in [1.82, 2.24) is 0 Å². The van der Waals surface area contributed by atoms with Crippen molar-refractivity contribution < 1.29 is 0 Å². The van der Waals surface area contributed by atoms with Crippen molar-refractivity contribution in [2.24, 2.45) is 0 Å². The number of benzene rings is 8. The Kier molecular flexibility index (Phi) is 7.90. The van der Waals surface area contributed by atoms with Crippen LogP contribution in [0, 0.1) is 0 Å². The third-order valence-electron chi connectivity index (χ3n) is 10.7. The van der Waals surface area contributed by atoms with Gasteiger partial charge in [0.25, 0.3) is 0 Å². The molecule has 0 bridgehead atoms. The molecule has 1 nitrogen and oxygen atoms in total. The summed E-state index contributed by atoms with van der Waals surface area (Å²) in [6, 6.07) is 72.7. The molecule has 0 aromatic heterocycles. The number of nitrogens with zero attached hydrogens (tertiary/aromatic N) is 1. The molecule has 9 rings (SSSR count). The molecule has 0 aliphatic heterocycles. The van der Waals surface area contributed by atoms with E-state index in [-0.39, 0.29) is 5.41 Å². The lowest BCUT2D eigenvalue weighted by Gasteiger charge is -2.29. The number of rotatable bonds is 7. The van der Waals surface area contributed by atoms with Crippen LogP contribution in [0.25, 0.3) is 55.6 Å². The van der Waals surface area contributed by atoms with Gasteiger partial charge in [0, 0.05) is 22.4 Å². The second-order valence-corrected chi connectivity index (χ2v) is 14.2. The van der Waals surface area contributed by atoms with E-state index in [0.29, 0.717) is 0 Å². The van der Waals surface area contributed by atoms with Crippen LogP contribution in [-0.2, 0) is 5.41 Å². The zero-order chi connectivity index (χ0) is 35.1. The third kappa shape index (κ3) is 5.52. The first-order chi connectivity index (χ1) is 25.6. The summed E-state index contributed by atoms with van der Waals surface area (Å²) in [6.45, 7) is 4.71. The standard InChI is InChI=1S/C51H39N/c1-51(2)47-27-11-9-25-46(47)50-45(26-15-28-48(50)51)44-24-10-12-29-49(44)52(43-23-14-22-41(35-43)37-18-7-4-8-19-37)42-32-30-38(31-33-42)40-21-13-20-39(34-40)36-16-5-3-6-17-36/h3-35H,1-2H3. The maximum absolute atomic E-state index is 2.43. The van der Waals surface area contributed by atoms with Gasteiger partial charge in [0.1, 0.15) is 0 Å². The van der Waals surface area contributed by atoms with Crippen molar-refractivity contribution in [3.8, 4) is 55.6 Å². The van der Waals surface area contributed by atoms with Gasteiger partial charge in [0.2, 0.25) is 0 Å². The van der Waals surface area contributed by atoms with Crippen LogP contribution in [0.2, 0.25) is 0 Å². The van der Waals surface area contributed by atoms with Crippen LogP contribution in [0.3, 0.4) is 0 Å². The van der Waals surface area contributed by atoms with Gasteiger partial charge in [-0.1, -0.05) is 178 Å². The molecule has 0 atom stereocenters. The van der Waals surface area contributed by atoms with Crippen LogP contribution in [0.1, 0.15) is 25.0 Å². The van der Waals surface area contributed by atoms with Gasteiger partial charge in [0.05, 0.1) is 5.69 Å². The molecule has 0 N–H and O–H groups in total. The quantitative estimate of drug-likeness (QED) is 0.164. The minimum absolute atomic E-state index is 0.0752. The second-order valence-electron chi connectivity index (χ2n) is 14.2. The highest BCUT2D eigenvalue weighted by molar-refractivity contribution is 5.98. The maximum Gasteiger partial charge on any atom is 0.0540 e. The lowest BCUT2D eigenvalue weighted by Crippen LogP contribution is -2.14. The highest BCUT2D eigenvalue weighted by Gasteiger charge is 2.37. The predicted octanol–water partition coefficient (Wildman–Crippen LogP) is 14.1. The maximum atomic E-state index is 2.43. The number of hydrogen-bond acceptors (Lipinski definition) is 1. The lowest BCUT2D eigenvalue weighted by molar-refractivity contribution is 0.660. The summed E-state index contributed by atoms with van der Waals surface area (Å²) >= 11 is 0. The van der Waals surface area contributed by atoms with E-state index in [1.807, 2.05) is 0 Å². The summed E-state index contributed by atoms with van der Waals surface area (Å²) in [7, 11) is 0. The molecule has 0 amide bonds. The fraction of sp³-hybridized carbons (Fsp3) is 0.0588. The van der Waals surface area contributed by atoms with Gasteiger partial charge in [-0.05, 0) is 97.6 Å². The van der Waals surface area contributed by atoms with Crippen LogP contribution < -0.4 is 4.90 Å². The molecule has 8 aromatic carbocycles. The molecule has 0 saturated carbocycles.